The third kappa shape index (κ3) is 4.23. The molecule has 1 aliphatic carbocycles. The Morgan fingerprint density at radius 2 is 1.75 bits per heavy atom. The normalized spacial score (nSPS) is 14.4. The van der Waals surface area contributed by atoms with Gasteiger partial charge in [-0.25, -0.2) is 13.1 Å². The number of benzene rings is 2. The zero-order valence-corrected chi connectivity index (χ0v) is 15.2. The molecule has 2 aromatic rings. The summed E-state index contributed by atoms with van der Waals surface area (Å²) in [6, 6.07) is 13.8. The summed E-state index contributed by atoms with van der Waals surface area (Å²) in [4.78, 5) is 12.4. The van der Waals surface area contributed by atoms with Gasteiger partial charge in [0, 0.05) is 17.1 Å². The first-order valence-corrected chi connectivity index (χ1v) is 9.87. The largest absolute Gasteiger partial charge is 0.348 e. The lowest BCUT2D eigenvalue weighted by atomic mass is 10.2. The van der Waals surface area contributed by atoms with E-state index < -0.39 is 10.0 Å². The molecule has 0 unspecified atom stereocenters. The van der Waals surface area contributed by atoms with E-state index in [1.165, 1.54) is 0 Å². The molecule has 0 radical (unpaired) electrons. The van der Waals surface area contributed by atoms with Crippen molar-refractivity contribution in [2.24, 2.45) is 0 Å². The molecule has 0 heterocycles. The van der Waals surface area contributed by atoms with Crippen molar-refractivity contribution in [3.05, 3.63) is 64.1 Å². The Kier molecular flexibility index (Phi) is 5.03. The van der Waals surface area contributed by atoms with Crippen LogP contribution in [0.25, 0.3) is 0 Å². The van der Waals surface area contributed by atoms with Crippen LogP contribution in [-0.4, -0.2) is 20.4 Å². The number of hydrogen-bond acceptors (Lipinski definition) is 3. The quantitative estimate of drug-likeness (QED) is 0.771. The predicted molar refractivity (Wildman–Crippen MR) is 95.1 cm³/mol. The van der Waals surface area contributed by atoms with E-state index in [0.717, 1.165) is 22.9 Å². The van der Waals surface area contributed by atoms with E-state index in [1.807, 2.05) is 6.07 Å². The van der Waals surface area contributed by atoms with Crippen LogP contribution in [0.3, 0.4) is 0 Å². The molecule has 1 aliphatic rings. The standard InChI is InChI=1S/C17H17BrN2O3S/c18-16-4-2-1-3-15(16)17(21)19-11-12-5-9-14(10-6-12)24(22,23)20-13-7-8-13/h1-6,9-10,13,20H,7-8,11H2,(H,19,21). The third-order valence-electron chi connectivity index (χ3n) is 3.70. The second kappa shape index (κ2) is 7.04. The van der Waals surface area contributed by atoms with Gasteiger partial charge in [0.1, 0.15) is 0 Å². The summed E-state index contributed by atoms with van der Waals surface area (Å²) in [5, 5.41) is 2.82. The van der Waals surface area contributed by atoms with E-state index >= 15 is 0 Å². The molecule has 24 heavy (non-hydrogen) atoms. The molecule has 0 saturated heterocycles. The Morgan fingerprint density at radius 1 is 1.08 bits per heavy atom. The SMILES string of the molecule is O=C(NCc1ccc(S(=O)(=O)NC2CC2)cc1)c1ccccc1Br. The minimum atomic E-state index is -3.44. The smallest absolute Gasteiger partial charge is 0.252 e. The number of hydrogen-bond donors (Lipinski definition) is 2. The first-order valence-electron chi connectivity index (χ1n) is 7.60. The van der Waals surface area contributed by atoms with Crippen molar-refractivity contribution in [3.63, 3.8) is 0 Å². The topological polar surface area (TPSA) is 75.3 Å². The zero-order valence-electron chi connectivity index (χ0n) is 12.8. The Labute approximate surface area is 149 Å². The van der Waals surface area contributed by atoms with Crippen LogP contribution in [0.15, 0.2) is 57.9 Å². The van der Waals surface area contributed by atoms with Crippen LogP contribution in [0.1, 0.15) is 28.8 Å². The van der Waals surface area contributed by atoms with Crippen molar-refractivity contribution in [1.29, 1.82) is 0 Å². The molecule has 5 nitrogen and oxygen atoms in total. The maximum atomic E-state index is 12.1. The van der Waals surface area contributed by atoms with Crippen molar-refractivity contribution in [1.82, 2.24) is 10.0 Å². The van der Waals surface area contributed by atoms with Crippen LogP contribution in [0.4, 0.5) is 0 Å². The van der Waals surface area contributed by atoms with E-state index in [0.29, 0.717) is 12.1 Å². The molecule has 3 rings (SSSR count). The predicted octanol–water partition coefficient (Wildman–Crippen LogP) is 2.82. The second-order valence-electron chi connectivity index (χ2n) is 5.70. The van der Waals surface area contributed by atoms with E-state index in [4.69, 9.17) is 0 Å². The number of carbonyl (C=O) groups excluding carboxylic acids is 1. The number of carbonyl (C=O) groups is 1. The van der Waals surface area contributed by atoms with Crippen molar-refractivity contribution in [2.45, 2.75) is 30.3 Å². The number of amides is 1. The van der Waals surface area contributed by atoms with E-state index in [2.05, 4.69) is 26.0 Å². The van der Waals surface area contributed by atoms with Crippen molar-refractivity contribution < 1.29 is 13.2 Å². The second-order valence-corrected chi connectivity index (χ2v) is 8.27. The summed E-state index contributed by atoms with van der Waals surface area (Å²) in [5.41, 5.74) is 1.39. The van der Waals surface area contributed by atoms with Gasteiger partial charge in [-0.1, -0.05) is 24.3 Å². The van der Waals surface area contributed by atoms with Crippen LogP contribution in [-0.2, 0) is 16.6 Å². The van der Waals surface area contributed by atoms with Gasteiger partial charge < -0.3 is 5.32 Å². The van der Waals surface area contributed by atoms with Crippen LogP contribution in [0, 0.1) is 0 Å². The fourth-order valence-corrected chi connectivity index (χ4v) is 3.97. The zero-order chi connectivity index (χ0) is 17.2. The maximum Gasteiger partial charge on any atom is 0.252 e. The van der Waals surface area contributed by atoms with Crippen molar-refractivity contribution >= 4 is 31.9 Å². The minimum Gasteiger partial charge on any atom is -0.348 e. The molecule has 1 amide bonds. The third-order valence-corrected chi connectivity index (χ3v) is 5.93. The van der Waals surface area contributed by atoms with Gasteiger partial charge in [-0.05, 0) is 58.6 Å². The van der Waals surface area contributed by atoms with Gasteiger partial charge in [0.05, 0.1) is 10.5 Å². The summed E-state index contributed by atoms with van der Waals surface area (Å²) in [7, 11) is -3.44. The van der Waals surface area contributed by atoms with Gasteiger partial charge in [0.2, 0.25) is 10.0 Å². The summed E-state index contributed by atoms with van der Waals surface area (Å²) in [5.74, 6) is -0.186. The van der Waals surface area contributed by atoms with Crippen LogP contribution < -0.4 is 10.0 Å². The molecule has 0 aromatic heterocycles. The fraction of sp³-hybridized carbons (Fsp3) is 0.235. The molecule has 1 fully saturated rings. The highest BCUT2D eigenvalue weighted by Gasteiger charge is 2.27. The van der Waals surface area contributed by atoms with Crippen molar-refractivity contribution in [3.8, 4) is 0 Å². The van der Waals surface area contributed by atoms with Gasteiger partial charge in [0.15, 0.2) is 0 Å². The van der Waals surface area contributed by atoms with Gasteiger partial charge in [-0.15, -0.1) is 0 Å². The maximum absolute atomic E-state index is 12.1. The van der Waals surface area contributed by atoms with Crippen LogP contribution in [0.5, 0.6) is 0 Å². The highest BCUT2D eigenvalue weighted by molar-refractivity contribution is 9.10. The molecule has 2 aromatic carbocycles. The number of nitrogens with one attached hydrogen (secondary N) is 2. The summed E-state index contributed by atoms with van der Waals surface area (Å²) in [6.07, 6.45) is 1.80. The average Bonchev–Trinajstić information content (AvgIpc) is 3.37. The first-order chi connectivity index (χ1) is 11.5. The average molecular weight is 409 g/mol. The Balaban J connectivity index is 1.62. The molecule has 126 valence electrons. The Bertz CT molecular complexity index is 846. The number of halogens is 1. The molecule has 0 atom stereocenters. The minimum absolute atomic E-state index is 0.0817. The summed E-state index contributed by atoms with van der Waals surface area (Å²) in [6.45, 7) is 0.330. The van der Waals surface area contributed by atoms with Crippen LogP contribution in [0.2, 0.25) is 0 Å². The van der Waals surface area contributed by atoms with Crippen molar-refractivity contribution in [2.75, 3.05) is 0 Å². The molecule has 1 saturated carbocycles. The first kappa shape index (κ1) is 17.1. The van der Waals surface area contributed by atoms with Crippen LogP contribution >= 0.6 is 15.9 Å². The molecule has 0 bridgehead atoms. The molecular formula is C17H17BrN2O3S. The molecule has 2 N–H and O–H groups in total. The van der Waals surface area contributed by atoms with Gasteiger partial charge in [-0.3, -0.25) is 4.79 Å². The van der Waals surface area contributed by atoms with Gasteiger partial charge in [-0.2, -0.15) is 0 Å². The monoisotopic (exact) mass is 408 g/mol. The lowest BCUT2D eigenvalue weighted by Crippen LogP contribution is -2.26. The summed E-state index contributed by atoms with van der Waals surface area (Å²) < 4.78 is 27.6. The van der Waals surface area contributed by atoms with E-state index in [9.17, 15) is 13.2 Å². The molecule has 0 spiro atoms. The lowest BCUT2D eigenvalue weighted by molar-refractivity contribution is 0.0950. The Morgan fingerprint density at radius 3 is 2.38 bits per heavy atom. The Hall–Kier alpha value is -1.70. The van der Waals surface area contributed by atoms with E-state index in [1.54, 1.807) is 42.5 Å². The highest BCUT2D eigenvalue weighted by atomic mass is 79.9. The number of rotatable bonds is 6. The number of sulfonamides is 1. The highest BCUT2D eigenvalue weighted by Crippen LogP contribution is 2.22. The van der Waals surface area contributed by atoms with Gasteiger partial charge in [0.25, 0.3) is 5.91 Å². The summed E-state index contributed by atoms with van der Waals surface area (Å²) >= 11 is 3.34. The lowest BCUT2D eigenvalue weighted by Gasteiger charge is -2.09. The fourth-order valence-electron chi connectivity index (χ4n) is 2.20. The molecular weight excluding hydrogens is 392 g/mol. The van der Waals surface area contributed by atoms with Gasteiger partial charge >= 0.3 is 0 Å². The molecule has 7 heteroatoms. The molecule has 0 aliphatic heterocycles. The van der Waals surface area contributed by atoms with E-state index in [-0.39, 0.29) is 16.8 Å².